The van der Waals surface area contributed by atoms with E-state index in [1.807, 2.05) is 5.38 Å². The number of rotatable bonds is 6. The molecule has 0 aliphatic heterocycles. The highest BCUT2D eigenvalue weighted by Gasteiger charge is 2.20. The van der Waals surface area contributed by atoms with Gasteiger partial charge in [-0.25, -0.2) is 9.78 Å². The Morgan fingerprint density at radius 3 is 2.76 bits per heavy atom. The maximum Gasteiger partial charge on any atom is 0.331 e. The second kappa shape index (κ2) is 9.17. The number of nitrogens with one attached hydrogen (secondary N) is 1. The SMILES string of the molecule is CC(OC(=O)/C=C/c1c(Cl)nc2sccn12)C(=O)NC(C)c1ccc(Cl)cc1Cl. The largest absolute Gasteiger partial charge is 0.449 e. The number of carbonyl (C=O) groups excluding carboxylic acids is 2. The first-order chi connectivity index (χ1) is 13.8. The minimum absolute atomic E-state index is 0.278. The number of carbonyl (C=O) groups is 2. The molecule has 2 unspecified atom stereocenters. The van der Waals surface area contributed by atoms with E-state index in [0.717, 1.165) is 0 Å². The summed E-state index contributed by atoms with van der Waals surface area (Å²) in [7, 11) is 0. The molecule has 6 nitrogen and oxygen atoms in total. The number of halogens is 3. The first-order valence-electron chi connectivity index (χ1n) is 8.51. The lowest BCUT2D eigenvalue weighted by molar-refractivity contribution is -0.150. The molecule has 3 rings (SSSR count). The molecule has 0 saturated heterocycles. The third kappa shape index (κ3) is 5.11. The average molecular weight is 473 g/mol. The van der Waals surface area contributed by atoms with E-state index in [-0.39, 0.29) is 11.2 Å². The molecule has 3 aromatic rings. The molecule has 0 aliphatic rings. The van der Waals surface area contributed by atoms with Crippen molar-refractivity contribution in [3.63, 3.8) is 0 Å². The monoisotopic (exact) mass is 471 g/mol. The van der Waals surface area contributed by atoms with Crippen LogP contribution in [0.3, 0.4) is 0 Å². The molecule has 1 N–H and O–H groups in total. The number of benzene rings is 1. The molecule has 0 saturated carbocycles. The molecule has 0 spiro atoms. The number of thiazole rings is 1. The fourth-order valence-electron chi connectivity index (χ4n) is 2.60. The van der Waals surface area contributed by atoms with Gasteiger partial charge in [-0.1, -0.05) is 40.9 Å². The molecule has 2 atom stereocenters. The maximum atomic E-state index is 12.4. The van der Waals surface area contributed by atoms with E-state index in [0.29, 0.717) is 26.3 Å². The third-order valence-corrected chi connectivity index (χ3v) is 5.68. The van der Waals surface area contributed by atoms with Crippen LogP contribution in [-0.2, 0) is 14.3 Å². The Hall–Kier alpha value is -2.06. The number of hydrogen-bond acceptors (Lipinski definition) is 5. The Morgan fingerprint density at radius 1 is 1.28 bits per heavy atom. The quantitative estimate of drug-likeness (QED) is 0.396. The van der Waals surface area contributed by atoms with Crippen LogP contribution in [0.4, 0.5) is 0 Å². The molecule has 152 valence electrons. The van der Waals surface area contributed by atoms with Crippen molar-refractivity contribution < 1.29 is 14.3 Å². The lowest BCUT2D eigenvalue weighted by atomic mass is 10.1. The van der Waals surface area contributed by atoms with Crippen molar-refractivity contribution in [1.29, 1.82) is 0 Å². The van der Waals surface area contributed by atoms with E-state index in [4.69, 9.17) is 39.5 Å². The first-order valence-corrected chi connectivity index (χ1v) is 10.5. The minimum Gasteiger partial charge on any atom is -0.449 e. The predicted molar refractivity (Wildman–Crippen MR) is 116 cm³/mol. The number of hydrogen-bond donors (Lipinski definition) is 1. The van der Waals surface area contributed by atoms with E-state index in [2.05, 4.69) is 10.3 Å². The predicted octanol–water partition coefficient (Wildman–Crippen LogP) is 5.18. The maximum absolute atomic E-state index is 12.4. The van der Waals surface area contributed by atoms with E-state index < -0.39 is 18.0 Å². The van der Waals surface area contributed by atoms with Crippen molar-refractivity contribution in [3.05, 3.63) is 62.3 Å². The van der Waals surface area contributed by atoms with Gasteiger partial charge in [0.25, 0.3) is 5.91 Å². The van der Waals surface area contributed by atoms with Crippen molar-refractivity contribution in [3.8, 4) is 0 Å². The van der Waals surface area contributed by atoms with Crippen molar-refractivity contribution in [2.45, 2.75) is 26.0 Å². The van der Waals surface area contributed by atoms with Crippen LogP contribution in [0.1, 0.15) is 31.1 Å². The van der Waals surface area contributed by atoms with Crippen molar-refractivity contribution in [2.24, 2.45) is 0 Å². The molecule has 2 heterocycles. The minimum atomic E-state index is -0.997. The smallest absolute Gasteiger partial charge is 0.331 e. The molecular weight excluding hydrogens is 457 g/mol. The lowest BCUT2D eigenvalue weighted by Crippen LogP contribution is -2.37. The van der Waals surface area contributed by atoms with Crippen LogP contribution in [0.2, 0.25) is 15.2 Å². The van der Waals surface area contributed by atoms with Gasteiger partial charge in [-0.2, -0.15) is 0 Å². The fourth-order valence-corrected chi connectivity index (χ4v) is 4.18. The van der Waals surface area contributed by atoms with E-state index in [1.54, 1.807) is 35.7 Å². The molecule has 1 amide bonds. The van der Waals surface area contributed by atoms with Crippen LogP contribution in [0.25, 0.3) is 11.0 Å². The normalized spacial score (nSPS) is 13.6. The van der Waals surface area contributed by atoms with Gasteiger partial charge in [-0.05, 0) is 37.6 Å². The summed E-state index contributed by atoms with van der Waals surface area (Å²) in [4.78, 5) is 29.3. The number of nitrogens with zero attached hydrogens (tertiary/aromatic N) is 2. The summed E-state index contributed by atoms with van der Waals surface area (Å²) in [5.41, 5.74) is 1.26. The molecule has 29 heavy (non-hydrogen) atoms. The standard InChI is InChI=1S/C19H16Cl3N3O3S/c1-10(13-4-3-12(20)9-14(13)21)23-18(27)11(2)28-16(26)6-5-15-17(22)24-19-25(15)7-8-29-19/h3-11H,1-2H3,(H,23,27)/b6-5+. The summed E-state index contributed by atoms with van der Waals surface area (Å²) in [6, 6.07) is 4.63. The van der Waals surface area contributed by atoms with Gasteiger partial charge in [-0.3, -0.25) is 9.20 Å². The van der Waals surface area contributed by atoms with Gasteiger partial charge in [0.15, 0.2) is 16.2 Å². The van der Waals surface area contributed by atoms with Gasteiger partial charge in [0, 0.05) is 27.7 Å². The van der Waals surface area contributed by atoms with Gasteiger partial charge in [-0.15, -0.1) is 11.3 Å². The number of amides is 1. The number of aromatic nitrogens is 2. The summed E-state index contributed by atoms with van der Waals surface area (Å²) in [6.45, 7) is 3.26. The number of fused-ring (bicyclic) bond motifs is 1. The van der Waals surface area contributed by atoms with E-state index in [9.17, 15) is 9.59 Å². The Balaban J connectivity index is 1.59. The van der Waals surface area contributed by atoms with Crippen LogP contribution in [0, 0.1) is 0 Å². The van der Waals surface area contributed by atoms with Gasteiger partial charge in [0.1, 0.15) is 0 Å². The zero-order valence-corrected chi connectivity index (χ0v) is 18.4. The second-order valence-corrected chi connectivity index (χ2v) is 8.23. The zero-order chi connectivity index (χ0) is 21.1. The van der Waals surface area contributed by atoms with Crippen LogP contribution in [-0.4, -0.2) is 27.4 Å². The van der Waals surface area contributed by atoms with Gasteiger partial charge in [0.05, 0.1) is 11.7 Å². The molecule has 0 bridgehead atoms. The second-order valence-electron chi connectivity index (χ2n) is 6.15. The summed E-state index contributed by atoms with van der Waals surface area (Å²) < 4.78 is 6.92. The van der Waals surface area contributed by atoms with Gasteiger partial charge < -0.3 is 10.1 Å². The van der Waals surface area contributed by atoms with Crippen LogP contribution < -0.4 is 5.32 Å². The molecule has 0 radical (unpaired) electrons. The lowest BCUT2D eigenvalue weighted by Gasteiger charge is -2.19. The number of imidazole rings is 1. The highest BCUT2D eigenvalue weighted by Crippen LogP contribution is 2.26. The number of ether oxygens (including phenoxy) is 1. The van der Waals surface area contributed by atoms with E-state index in [1.165, 1.54) is 30.4 Å². The highest BCUT2D eigenvalue weighted by molar-refractivity contribution is 7.15. The van der Waals surface area contributed by atoms with Crippen LogP contribution >= 0.6 is 46.1 Å². The summed E-state index contributed by atoms with van der Waals surface area (Å²) in [6.07, 6.45) is 3.50. The Labute approximate surface area is 186 Å². The average Bonchev–Trinajstić information content (AvgIpc) is 3.20. The first kappa shape index (κ1) is 21.6. The van der Waals surface area contributed by atoms with E-state index >= 15 is 0 Å². The Morgan fingerprint density at radius 2 is 2.03 bits per heavy atom. The van der Waals surface area contributed by atoms with Gasteiger partial charge in [0.2, 0.25) is 0 Å². The fraction of sp³-hybridized carbons (Fsp3) is 0.211. The zero-order valence-electron chi connectivity index (χ0n) is 15.4. The Bertz CT molecular complexity index is 1090. The molecule has 1 aromatic carbocycles. The molecule has 0 aliphatic carbocycles. The Kier molecular flexibility index (Phi) is 6.85. The van der Waals surface area contributed by atoms with Crippen molar-refractivity contribution in [1.82, 2.24) is 14.7 Å². The van der Waals surface area contributed by atoms with Gasteiger partial charge >= 0.3 is 5.97 Å². The summed E-state index contributed by atoms with van der Waals surface area (Å²) in [5, 5.41) is 5.84. The number of esters is 1. The van der Waals surface area contributed by atoms with Crippen LogP contribution in [0.5, 0.6) is 0 Å². The van der Waals surface area contributed by atoms with Crippen molar-refractivity contribution in [2.75, 3.05) is 0 Å². The summed E-state index contributed by atoms with van der Waals surface area (Å²) in [5.74, 6) is -1.13. The molecule has 2 aromatic heterocycles. The third-order valence-electron chi connectivity index (χ3n) is 4.08. The summed E-state index contributed by atoms with van der Waals surface area (Å²) >= 11 is 19.5. The molecule has 0 fully saturated rings. The highest BCUT2D eigenvalue weighted by atomic mass is 35.5. The van der Waals surface area contributed by atoms with Crippen molar-refractivity contribution >= 4 is 69.1 Å². The molecule has 10 heteroatoms. The molecular formula is C19H16Cl3N3O3S. The topological polar surface area (TPSA) is 72.7 Å². The van der Waals surface area contributed by atoms with Crippen LogP contribution in [0.15, 0.2) is 35.9 Å².